The van der Waals surface area contributed by atoms with E-state index in [1.165, 1.54) is 0 Å². The highest BCUT2D eigenvalue weighted by Crippen LogP contribution is 2.14. The summed E-state index contributed by atoms with van der Waals surface area (Å²) < 4.78 is 5.08. The second-order valence-corrected chi connectivity index (χ2v) is 4.44. The molecular formula is C13H14ClN3O2. The number of hydrogen-bond acceptors (Lipinski definition) is 3. The molecule has 2 aromatic rings. The fourth-order valence-electron chi connectivity index (χ4n) is 1.57. The maximum atomic E-state index is 11.6. The van der Waals surface area contributed by atoms with E-state index < -0.39 is 0 Å². The first-order valence-corrected chi connectivity index (χ1v) is 6.23. The van der Waals surface area contributed by atoms with Gasteiger partial charge in [-0.25, -0.2) is 9.78 Å². The van der Waals surface area contributed by atoms with Crippen LogP contribution in [0.4, 0.5) is 10.5 Å². The molecule has 0 bridgehead atoms. The summed E-state index contributed by atoms with van der Waals surface area (Å²) >= 11 is 5.82. The van der Waals surface area contributed by atoms with Crippen LogP contribution in [-0.2, 0) is 6.42 Å². The molecule has 0 aliphatic carbocycles. The first-order chi connectivity index (χ1) is 9.13. The van der Waals surface area contributed by atoms with Gasteiger partial charge in [0.05, 0.1) is 5.69 Å². The van der Waals surface area contributed by atoms with Crippen molar-refractivity contribution in [2.24, 2.45) is 0 Å². The van der Waals surface area contributed by atoms with E-state index in [-0.39, 0.29) is 6.03 Å². The Hall–Kier alpha value is -2.01. The van der Waals surface area contributed by atoms with Crippen LogP contribution in [0.5, 0.6) is 0 Å². The Morgan fingerprint density at radius 1 is 1.47 bits per heavy atom. The number of hydrogen-bond donors (Lipinski definition) is 2. The van der Waals surface area contributed by atoms with Crippen LogP contribution in [0.15, 0.2) is 34.9 Å². The van der Waals surface area contributed by atoms with E-state index in [9.17, 15) is 4.79 Å². The van der Waals surface area contributed by atoms with Gasteiger partial charge in [-0.3, -0.25) is 0 Å². The van der Waals surface area contributed by atoms with E-state index in [0.717, 1.165) is 5.69 Å². The van der Waals surface area contributed by atoms with Gasteiger partial charge in [0.15, 0.2) is 5.89 Å². The van der Waals surface area contributed by atoms with Gasteiger partial charge in [0.25, 0.3) is 0 Å². The summed E-state index contributed by atoms with van der Waals surface area (Å²) in [7, 11) is 0. The van der Waals surface area contributed by atoms with Crippen molar-refractivity contribution in [3.8, 4) is 0 Å². The highest BCUT2D eigenvalue weighted by molar-refractivity contribution is 6.30. The molecule has 5 nitrogen and oxygen atoms in total. The molecule has 1 aromatic carbocycles. The second kappa shape index (κ2) is 6.24. The van der Waals surface area contributed by atoms with Crippen LogP contribution in [0.25, 0.3) is 0 Å². The highest BCUT2D eigenvalue weighted by atomic mass is 35.5. The molecule has 0 aliphatic heterocycles. The molecule has 1 aromatic heterocycles. The Balaban J connectivity index is 1.76. The maximum Gasteiger partial charge on any atom is 0.319 e. The first kappa shape index (κ1) is 13.4. The summed E-state index contributed by atoms with van der Waals surface area (Å²) in [6.45, 7) is 2.27. The van der Waals surface area contributed by atoms with Crippen molar-refractivity contribution >= 4 is 23.3 Å². The number of nitrogens with zero attached hydrogens (tertiary/aromatic N) is 1. The minimum atomic E-state index is -0.275. The van der Waals surface area contributed by atoms with Crippen LogP contribution in [0, 0.1) is 6.92 Å². The van der Waals surface area contributed by atoms with Crippen LogP contribution < -0.4 is 10.6 Å². The van der Waals surface area contributed by atoms with Crippen LogP contribution in [0.1, 0.15) is 11.6 Å². The van der Waals surface area contributed by atoms with Gasteiger partial charge in [0.1, 0.15) is 6.26 Å². The van der Waals surface area contributed by atoms with Crippen molar-refractivity contribution < 1.29 is 9.21 Å². The zero-order chi connectivity index (χ0) is 13.7. The van der Waals surface area contributed by atoms with Crippen molar-refractivity contribution in [3.63, 3.8) is 0 Å². The van der Waals surface area contributed by atoms with Crippen molar-refractivity contribution in [2.75, 3.05) is 11.9 Å². The third-order valence-electron chi connectivity index (χ3n) is 2.42. The molecule has 0 aliphatic rings. The highest BCUT2D eigenvalue weighted by Gasteiger charge is 2.03. The molecule has 19 heavy (non-hydrogen) atoms. The largest absolute Gasteiger partial charge is 0.449 e. The standard InChI is InChI=1S/C13H14ClN3O2/c1-9-16-12(8-19-9)5-6-15-13(18)17-11-4-2-3-10(14)7-11/h2-4,7-8H,5-6H2,1H3,(H2,15,17,18). The van der Waals surface area contributed by atoms with E-state index in [4.69, 9.17) is 16.0 Å². The predicted molar refractivity (Wildman–Crippen MR) is 73.4 cm³/mol. The number of carbonyl (C=O) groups is 1. The lowest BCUT2D eigenvalue weighted by Gasteiger charge is -2.06. The second-order valence-electron chi connectivity index (χ2n) is 4.00. The smallest absolute Gasteiger partial charge is 0.319 e. The van der Waals surface area contributed by atoms with Crippen molar-refractivity contribution in [2.45, 2.75) is 13.3 Å². The lowest BCUT2D eigenvalue weighted by atomic mass is 10.3. The van der Waals surface area contributed by atoms with Crippen LogP contribution in [0.3, 0.4) is 0 Å². The van der Waals surface area contributed by atoms with Gasteiger partial charge >= 0.3 is 6.03 Å². The number of oxazole rings is 1. The number of aromatic nitrogens is 1. The summed E-state index contributed by atoms with van der Waals surface area (Å²) in [6.07, 6.45) is 2.21. The summed E-state index contributed by atoms with van der Waals surface area (Å²) in [6, 6.07) is 6.70. The van der Waals surface area contributed by atoms with Crippen molar-refractivity contribution in [1.29, 1.82) is 0 Å². The minimum Gasteiger partial charge on any atom is -0.449 e. The summed E-state index contributed by atoms with van der Waals surface area (Å²) in [5.41, 5.74) is 1.47. The number of aryl methyl sites for hydroxylation is 1. The quantitative estimate of drug-likeness (QED) is 0.904. The number of anilines is 1. The lowest BCUT2D eigenvalue weighted by molar-refractivity contribution is 0.252. The van der Waals surface area contributed by atoms with E-state index in [0.29, 0.717) is 29.6 Å². The molecule has 2 N–H and O–H groups in total. The Morgan fingerprint density at radius 2 is 2.32 bits per heavy atom. The zero-order valence-corrected chi connectivity index (χ0v) is 11.2. The fourth-order valence-corrected chi connectivity index (χ4v) is 1.76. The Bertz CT molecular complexity index is 569. The van der Waals surface area contributed by atoms with E-state index in [1.807, 2.05) is 0 Å². The number of rotatable bonds is 4. The monoisotopic (exact) mass is 279 g/mol. The Morgan fingerprint density at radius 3 is 3.00 bits per heavy atom. The average Bonchev–Trinajstić information content (AvgIpc) is 2.75. The van der Waals surface area contributed by atoms with Gasteiger partial charge in [-0.1, -0.05) is 17.7 Å². The predicted octanol–water partition coefficient (Wildman–Crippen LogP) is 3.00. The van der Waals surface area contributed by atoms with Crippen LogP contribution >= 0.6 is 11.6 Å². The third-order valence-corrected chi connectivity index (χ3v) is 2.65. The number of nitrogens with one attached hydrogen (secondary N) is 2. The van der Waals surface area contributed by atoms with Gasteiger partial charge in [-0.2, -0.15) is 0 Å². The number of benzene rings is 1. The number of urea groups is 1. The van der Waals surface area contributed by atoms with E-state index >= 15 is 0 Å². The molecule has 100 valence electrons. The molecule has 1 heterocycles. The molecule has 0 unspecified atom stereocenters. The molecule has 0 radical (unpaired) electrons. The molecule has 6 heteroatoms. The summed E-state index contributed by atoms with van der Waals surface area (Å²) in [5.74, 6) is 0.623. The van der Waals surface area contributed by atoms with Crippen molar-refractivity contribution in [3.05, 3.63) is 47.1 Å². The fraction of sp³-hybridized carbons (Fsp3) is 0.231. The van der Waals surface area contributed by atoms with Gasteiger partial charge in [0, 0.05) is 30.6 Å². The molecule has 2 rings (SSSR count). The van der Waals surface area contributed by atoms with Gasteiger partial charge in [-0.15, -0.1) is 0 Å². The van der Waals surface area contributed by atoms with Gasteiger partial charge in [-0.05, 0) is 18.2 Å². The van der Waals surface area contributed by atoms with Crippen molar-refractivity contribution in [1.82, 2.24) is 10.3 Å². The third kappa shape index (κ3) is 4.30. The molecule has 2 amide bonds. The van der Waals surface area contributed by atoms with Crippen LogP contribution in [-0.4, -0.2) is 17.6 Å². The Labute approximate surface area is 116 Å². The maximum absolute atomic E-state index is 11.6. The SMILES string of the molecule is Cc1nc(CCNC(=O)Nc2cccc(Cl)c2)co1. The summed E-state index contributed by atoms with van der Waals surface area (Å²) in [4.78, 5) is 15.8. The molecule has 0 atom stereocenters. The normalized spacial score (nSPS) is 10.2. The molecular weight excluding hydrogens is 266 g/mol. The topological polar surface area (TPSA) is 67.2 Å². The van der Waals surface area contributed by atoms with E-state index in [2.05, 4.69) is 15.6 Å². The van der Waals surface area contributed by atoms with Gasteiger partial charge in [0.2, 0.25) is 0 Å². The number of halogens is 1. The summed E-state index contributed by atoms with van der Waals surface area (Å²) in [5, 5.41) is 6.01. The molecule has 0 saturated heterocycles. The number of amides is 2. The van der Waals surface area contributed by atoms with Crippen LogP contribution in [0.2, 0.25) is 5.02 Å². The van der Waals surface area contributed by atoms with Gasteiger partial charge < -0.3 is 15.1 Å². The zero-order valence-electron chi connectivity index (χ0n) is 10.4. The molecule has 0 spiro atoms. The van der Waals surface area contributed by atoms with E-state index in [1.54, 1.807) is 37.5 Å². The first-order valence-electron chi connectivity index (χ1n) is 5.85. The Kier molecular flexibility index (Phi) is 4.41. The molecule has 0 fully saturated rings. The lowest BCUT2D eigenvalue weighted by Crippen LogP contribution is -2.30. The minimum absolute atomic E-state index is 0.275. The number of carbonyl (C=O) groups excluding carboxylic acids is 1. The average molecular weight is 280 g/mol. The molecule has 0 saturated carbocycles.